The second-order valence-corrected chi connectivity index (χ2v) is 2.78. The fourth-order valence-electron chi connectivity index (χ4n) is 1.42. The van der Waals surface area contributed by atoms with Crippen LogP contribution in [0, 0.1) is 0 Å². The molecule has 2 rings (SSSR count). The van der Waals surface area contributed by atoms with Crippen LogP contribution in [0.5, 0.6) is 5.75 Å². The van der Waals surface area contributed by atoms with Gasteiger partial charge in [0.2, 0.25) is 6.71 Å². The van der Waals surface area contributed by atoms with E-state index >= 15 is 0 Å². The van der Waals surface area contributed by atoms with Crippen molar-refractivity contribution in [3.8, 4) is 5.75 Å². The minimum absolute atomic E-state index is 0.409. The molecule has 0 bridgehead atoms. The van der Waals surface area contributed by atoms with Gasteiger partial charge < -0.3 is 10.5 Å². The first-order chi connectivity index (χ1) is 5.42. The van der Waals surface area contributed by atoms with Crippen LogP contribution in [0.2, 0.25) is 0 Å². The molecule has 0 saturated carbocycles. The van der Waals surface area contributed by atoms with Crippen LogP contribution < -0.4 is 15.9 Å². The first-order valence-corrected chi connectivity index (χ1v) is 3.83. The average Bonchev–Trinajstić information content (AvgIpc) is 2.47. The number of hydrogen-bond donors (Lipinski definition) is 1. The van der Waals surface area contributed by atoms with E-state index in [9.17, 15) is 0 Å². The van der Waals surface area contributed by atoms with Crippen LogP contribution in [0.25, 0.3) is 0 Å². The van der Waals surface area contributed by atoms with E-state index < -0.39 is 0 Å². The van der Waals surface area contributed by atoms with E-state index in [0.717, 1.165) is 12.3 Å². The topological polar surface area (TPSA) is 35.2 Å². The van der Waals surface area contributed by atoms with Crippen molar-refractivity contribution >= 4 is 12.2 Å². The molecule has 1 aromatic carbocycles. The molecule has 1 heterocycles. The molecule has 1 aliphatic rings. The van der Waals surface area contributed by atoms with Crippen LogP contribution >= 0.6 is 0 Å². The van der Waals surface area contributed by atoms with E-state index in [2.05, 4.69) is 6.07 Å². The number of fused-ring (bicyclic) bond motifs is 1. The number of benzene rings is 1. The predicted molar refractivity (Wildman–Crippen MR) is 46.4 cm³/mol. The summed E-state index contributed by atoms with van der Waals surface area (Å²) >= 11 is 0. The summed E-state index contributed by atoms with van der Waals surface area (Å²) in [6.07, 6.45) is 0.678. The Labute approximate surface area is 66.4 Å². The minimum Gasteiger partial charge on any atom is -0.502 e. The quantitative estimate of drug-likeness (QED) is 0.559. The molecule has 0 aliphatic carbocycles. The van der Waals surface area contributed by atoms with Crippen molar-refractivity contribution in [2.24, 2.45) is 5.73 Å². The average molecular weight is 147 g/mol. The summed E-state index contributed by atoms with van der Waals surface area (Å²) in [7, 11) is 0. The van der Waals surface area contributed by atoms with Crippen molar-refractivity contribution in [2.45, 2.75) is 0 Å². The van der Waals surface area contributed by atoms with Crippen molar-refractivity contribution in [2.75, 3.05) is 13.0 Å². The Morgan fingerprint density at radius 2 is 2.27 bits per heavy atom. The number of ether oxygens (including phenoxy) is 1. The second kappa shape index (κ2) is 2.59. The third kappa shape index (κ3) is 1.01. The molecule has 11 heavy (non-hydrogen) atoms. The summed E-state index contributed by atoms with van der Waals surface area (Å²) in [6.45, 7) is 1.15. The fraction of sp³-hybridized carbons (Fsp3) is 0.250. The summed E-state index contributed by atoms with van der Waals surface area (Å²) in [4.78, 5) is 0. The Morgan fingerprint density at radius 3 is 3.09 bits per heavy atom. The molecule has 0 spiro atoms. The monoisotopic (exact) mass is 147 g/mol. The standard InChI is InChI=1S/C8H10BNO/c10-5-9-6-11-8-4-2-1-3-7(8)9/h1-4H,5-6,10H2. The van der Waals surface area contributed by atoms with E-state index in [0.29, 0.717) is 13.2 Å². The van der Waals surface area contributed by atoms with Crippen LogP contribution in [-0.4, -0.2) is 19.7 Å². The molecule has 56 valence electrons. The molecule has 2 N–H and O–H groups in total. The van der Waals surface area contributed by atoms with Gasteiger partial charge in [0.25, 0.3) is 0 Å². The molecule has 0 amide bonds. The lowest BCUT2D eigenvalue weighted by molar-refractivity contribution is 0.397. The Balaban J connectivity index is 2.39. The first kappa shape index (κ1) is 6.74. The SMILES string of the molecule is NCB1COc2ccccc21. The third-order valence-electron chi connectivity index (χ3n) is 2.08. The lowest BCUT2D eigenvalue weighted by Crippen LogP contribution is -2.37. The largest absolute Gasteiger partial charge is 0.502 e. The van der Waals surface area contributed by atoms with Gasteiger partial charge in [-0.1, -0.05) is 18.2 Å². The predicted octanol–water partition coefficient (Wildman–Crippen LogP) is -0.182. The van der Waals surface area contributed by atoms with E-state index in [1.165, 1.54) is 5.46 Å². The van der Waals surface area contributed by atoms with Gasteiger partial charge >= 0.3 is 0 Å². The number of nitrogens with two attached hydrogens (primary N) is 1. The van der Waals surface area contributed by atoms with Gasteiger partial charge in [-0.25, -0.2) is 0 Å². The molecular formula is C8H10BNO. The molecule has 3 heteroatoms. The van der Waals surface area contributed by atoms with E-state index in [4.69, 9.17) is 10.5 Å². The maximum absolute atomic E-state index is 5.57. The number of hydrogen-bond acceptors (Lipinski definition) is 2. The molecule has 0 radical (unpaired) electrons. The van der Waals surface area contributed by atoms with Gasteiger partial charge in [0, 0.05) is 0 Å². The molecule has 1 aromatic rings. The Kier molecular flexibility index (Phi) is 1.58. The van der Waals surface area contributed by atoms with Gasteiger partial charge in [0.05, 0.1) is 6.51 Å². The molecule has 0 atom stereocenters. The van der Waals surface area contributed by atoms with Gasteiger partial charge in [-0.05, 0) is 18.0 Å². The first-order valence-electron chi connectivity index (χ1n) is 3.83. The van der Waals surface area contributed by atoms with Crippen molar-refractivity contribution in [3.05, 3.63) is 24.3 Å². The highest BCUT2D eigenvalue weighted by molar-refractivity contribution is 6.75. The molecule has 0 aromatic heterocycles. The highest BCUT2D eigenvalue weighted by Crippen LogP contribution is 2.13. The summed E-state index contributed by atoms with van der Waals surface area (Å²) in [6, 6.07) is 8.08. The smallest absolute Gasteiger partial charge is 0.239 e. The molecular weight excluding hydrogens is 137 g/mol. The Bertz CT molecular complexity index is 264. The van der Waals surface area contributed by atoms with Crippen LogP contribution in [0.1, 0.15) is 0 Å². The van der Waals surface area contributed by atoms with Crippen molar-refractivity contribution in [3.63, 3.8) is 0 Å². The van der Waals surface area contributed by atoms with Crippen LogP contribution in [0.3, 0.4) is 0 Å². The van der Waals surface area contributed by atoms with Gasteiger partial charge in [-0.15, -0.1) is 0 Å². The highest BCUT2D eigenvalue weighted by atomic mass is 16.5. The summed E-state index contributed by atoms with van der Waals surface area (Å²) < 4.78 is 5.42. The van der Waals surface area contributed by atoms with Gasteiger partial charge in [0.15, 0.2) is 0 Å². The Hall–Kier alpha value is -0.955. The summed E-state index contributed by atoms with van der Waals surface area (Å²) in [5, 5.41) is 0. The highest BCUT2D eigenvalue weighted by Gasteiger charge is 2.25. The zero-order valence-corrected chi connectivity index (χ0v) is 6.29. The van der Waals surface area contributed by atoms with E-state index in [-0.39, 0.29) is 0 Å². The summed E-state index contributed by atoms with van der Waals surface area (Å²) in [5.74, 6) is 1.00. The normalized spacial score (nSPS) is 14.5. The molecule has 0 fully saturated rings. The maximum atomic E-state index is 5.57. The number of rotatable bonds is 1. The molecule has 2 nitrogen and oxygen atoms in total. The zero-order chi connectivity index (χ0) is 7.68. The second-order valence-electron chi connectivity index (χ2n) is 2.78. The summed E-state index contributed by atoms with van der Waals surface area (Å²) in [5.41, 5.74) is 6.83. The van der Waals surface area contributed by atoms with Gasteiger partial charge in [-0.3, -0.25) is 0 Å². The van der Waals surface area contributed by atoms with Crippen molar-refractivity contribution < 1.29 is 4.74 Å². The lowest BCUT2D eigenvalue weighted by Gasteiger charge is -1.97. The zero-order valence-electron chi connectivity index (χ0n) is 6.29. The lowest BCUT2D eigenvalue weighted by atomic mass is 9.47. The molecule has 0 unspecified atom stereocenters. The van der Waals surface area contributed by atoms with E-state index in [1.54, 1.807) is 0 Å². The fourth-order valence-corrected chi connectivity index (χ4v) is 1.42. The van der Waals surface area contributed by atoms with Crippen molar-refractivity contribution in [1.29, 1.82) is 0 Å². The Morgan fingerprint density at radius 1 is 1.45 bits per heavy atom. The number of para-hydroxylation sites is 1. The minimum atomic E-state index is 0.409. The van der Waals surface area contributed by atoms with Gasteiger partial charge in [-0.2, -0.15) is 0 Å². The van der Waals surface area contributed by atoms with Crippen LogP contribution in [0.4, 0.5) is 0 Å². The van der Waals surface area contributed by atoms with Crippen LogP contribution in [0.15, 0.2) is 24.3 Å². The maximum Gasteiger partial charge on any atom is 0.239 e. The van der Waals surface area contributed by atoms with Crippen LogP contribution in [-0.2, 0) is 0 Å². The third-order valence-corrected chi connectivity index (χ3v) is 2.08. The van der Waals surface area contributed by atoms with E-state index in [1.807, 2.05) is 18.2 Å². The molecule has 1 aliphatic heterocycles. The van der Waals surface area contributed by atoms with Gasteiger partial charge in [0.1, 0.15) is 5.75 Å². The van der Waals surface area contributed by atoms with Crippen molar-refractivity contribution in [1.82, 2.24) is 0 Å². The molecule has 0 saturated heterocycles.